The summed E-state index contributed by atoms with van der Waals surface area (Å²) in [6.45, 7) is 9.00. The molecular formula is C13H24N2O3. The number of ether oxygens (including phenoxy) is 2. The van der Waals surface area contributed by atoms with E-state index in [1.54, 1.807) is 34.9 Å². The summed E-state index contributed by atoms with van der Waals surface area (Å²) < 4.78 is 9.63. The van der Waals surface area contributed by atoms with Crippen LogP contribution in [0.1, 0.15) is 27.2 Å². The van der Waals surface area contributed by atoms with E-state index in [1.165, 1.54) is 0 Å². The molecule has 0 saturated heterocycles. The lowest BCUT2D eigenvalue weighted by atomic mass is 10.2. The maximum Gasteiger partial charge on any atom is 0.405 e. The van der Waals surface area contributed by atoms with E-state index in [0.717, 1.165) is 12.3 Å². The number of hydrogen-bond donors (Lipinski definition) is 1. The molecule has 5 nitrogen and oxygen atoms in total. The first-order valence-corrected chi connectivity index (χ1v) is 5.86. The summed E-state index contributed by atoms with van der Waals surface area (Å²) in [5.41, 5.74) is 4.26. The van der Waals surface area contributed by atoms with E-state index in [2.05, 4.69) is 16.3 Å². The molecule has 1 aliphatic rings. The molecule has 1 fully saturated rings. The minimum absolute atomic E-state index is 0.453. The van der Waals surface area contributed by atoms with E-state index in [4.69, 9.17) is 10.5 Å². The summed E-state index contributed by atoms with van der Waals surface area (Å²) in [4.78, 5) is 14.0. The zero-order chi connectivity index (χ0) is 14.3. The van der Waals surface area contributed by atoms with Gasteiger partial charge in [0.15, 0.2) is 5.90 Å². The number of carbonyl (C=O) groups is 1. The molecular weight excluding hydrogens is 232 g/mol. The Morgan fingerprint density at radius 2 is 2.06 bits per heavy atom. The van der Waals surface area contributed by atoms with Gasteiger partial charge in [0.2, 0.25) is 0 Å². The Morgan fingerprint density at radius 1 is 1.50 bits per heavy atom. The number of nitrogens with two attached hydrogens (primary N) is 1. The van der Waals surface area contributed by atoms with Crippen LogP contribution in [0.4, 0.5) is 4.79 Å². The largest absolute Gasteiger partial charge is 0.484 e. The van der Waals surface area contributed by atoms with Crippen LogP contribution >= 0.6 is 0 Å². The highest BCUT2D eigenvalue weighted by Gasteiger charge is 2.39. The number of amides is 1. The Kier molecular flexibility index (Phi) is 6.44. The summed E-state index contributed by atoms with van der Waals surface area (Å²) in [5.74, 6) is 2.00. The molecule has 2 N–H and O–H groups in total. The van der Waals surface area contributed by atoms with E-state index < -0.39 is 11.7 Å². The van der Waals surface area contributed by atoms with E-state index in [-0.39, 0.29) is 0 Å². The molecule has 0 spiro atoms. The van der Waals surface area contributed by atoms with Crippen molar-refractivity contribution < 1.29 is 14.3 Å². The summed E-state index contributed by atoms with van der Waals surface area (Å²) >= 11 is 0. The lowest BCUT2D eigenvalue weighted by molar-refractivity contribution is 0.0600. The molecule has 1 amide bonds. The van der Waals surface area contributed by atoms with Crippen LogP contribution < -0.4 is 5.73 Å². The molecule has 5 heteroatoms. The quantitative estimate of drug-likeness (QED) is 0.468. The lowest BCUT2D eigenvalue weighted by Gasteiger charge is -2.16. The average Bonchev–Trinajstić information content (AvgIpc) is 2.96. The van der Waals surface area contributed by atoms with Crippen molar-refractivity contribution in [3.8, 4) is 0 Å². The molecule has 1 saturated carbocycles. The molecule has 0 aromatic heterocycles. The molecule has 0 heterocycles. The summed E-state index contributed by atoms with van der Waals surface area (Å²) in [6.07, 6.45) is 2.40. The van der Waals surface area contributed by atoms with Gasteiger partial charge in [-0.1, -0.05) is 6.08 Å². The van der Waals surface area contributed by atoms with E-state index in [0.29, 0.717) is 11.8 Å². The zero-order valence-electron chi connectivity index (χ0n) is 11.9. The molecule has 0 radical (unpaired) electrons. The van der Waals surface area contributed by atoms with Crippen molar-refractivity contribution >= 4 is 12.0 Å². The maximum absolute atomic E-state index is 10.0. The number of nitrogens with zero attached hydrogens (tertiary/aromatic N) is 1. The van der Waals surface area contributed by atoms with Gasteiger partial charge in [-0.15, -0.1) is 6.58 Å². The predicted octanol–water partition coefficient (Wildman–Crippen LogP) is 2.36. The van der Waals surface area contributed by atoms with Crippen molar-refractivity contribution in [1.29, 1.82) is 0 Å². The maximum atomic E-state index is 10.0. The smallest absolute Gasteiger partial charge is 0.405 e. The SMILES string of the molecule is C=C[C@@H]1C[C@@H]1C(=NC)OC.CC(C)(C)OC(N)=O. The van der Waals surface area contributed by atoms with Crippen molar-refractivity contribution in [3.63, 3.8) is 0 Å². The molecule has 0 aromatic carbocycles. The number of hydrogen-bond acceptors (Lipinski definition) is 4. The van der Waals surface area contributed by atoms with Crippen LogP contribution in [0.2, 0.25) is 0 Å². The molecule has 18 heavy (non-hydrogen) atoms. The number of rotatable bonds is 2. The van der Waals surface area contributed by atoms with Gasteiger partial charge in [0, 0.05) is 13.0 Å². The van der Waals surface area contributed by atoms with Crippen molar-refractivity contribution in [2.24, 2.45) is 22.6 Å². The Labute approximate surface area is 109 Å². The van der Waals surface area contributed by atoms with Crippen molar-refractivity contribution in [2.45, 2.75) is 32.8 Å². The van der Waals surface area contributed by atoms with Gasteiger partial charge >= 0.3 is 6.09 Å². The highest BCUT2D eigenvalue weighted by molar-refractivity contribution is 5.81. The Hall–Kier alpha value is -1.52. The normalized spacial score (nSPS) is 22.4. The van der Waals surface area contributed by atoms with Crippen molar-refractivity contribution in [3.05, 3.63) is 12.7 Å². The fourth-order valence-corrected chi connectivity index (χ4v) is 1.47. The van der Waals surface area contributed by atoms with E-state index in [1.807, 2.05) is 6.08 Å². The predicted molar refractivity (Wildman–Crippen MR) is 72.6 cm³/mol. The highest BCUT2D eigenvalue weighted by atomic mass is 16.6. The second kappa shape index (κ2) is 7.03. The third-order valence-corrected chi connectivity index (χ3v) is 2.30. The molecule has 1 aliphatic carbocycles. The molecule has 1 rings (SSSR count). The van der Waals surface area contributed by atoms with Crippen LogP contribution in [0.25, 0.3) is 0 Å². The Morgan fingerprint density at radius 3 is 2.22 bits per heavy atom. The molecule has 0 bridgehead atoms. The molecule has 2 atom stereocenters. The molecule has 104 valence electrons. The first kappa shape index (κ1) is 16.5. The third kappa shape index (κ3) is 6.93. The summed E-state index contributed by atoms with van der Waals surface area (Å²) in [7, 11) is 3.43. The fourth-order valence-electron chi connectivity index (χ4n) is 1.47. The minimum Gasteiger partial charge on any atom is -0.484 e. The molecule has 0 aromatic rings. The Bertz CT molecular complexity index is 319. The second-order valence-electron chi connectivity index (χ2n) is 5.04. The molecule has 0 aliphatic heterocycles. The van der Waals surface area contributed by atoms with Gasteiger partial charge in [0.25, 0.3) is 0 Å². The van der Waals surface area contributed by atoms with Gasteiger partial charge in [-0.2, -0.15) is 0 Å². The molecule has 0 unspecified atom stereocenters. The van der Waals surface area contributed by atoms with Crippen LogP contribution in [-0.2, 0) is 9.47 Å². The average molecular weight is 256 g/mol. The lowest BCUT2D eigenvalue weighted by Crippen LogP contribution is -2.27. The van der Waals surface area contributed by atoms with Gasteiger partial charge < -0.3 is 15.2 Å². The number of methoxy groups -OCH3 is 1. The van der Waals surface area contributed by atoms with Gasteiger partial charge in [-0.05, 0) is 33.1 Å². The summed E-state index contributed by atoms with van der Waals surface area (Å²) in [5, 5.41) is 0. The highest BCUT2D eigenvalue weighted by Crippen LogP contribution is 2.40. The van der Waals surface area contributed by atoms with Crippen LogP contribution in [0.5, 0.6) is 0 Å². The van der Waals surface area contributed by atoms with E-state index in [9.17, 15) is 4.79 Å². The Balaban J connectivity index is 0.000000331. The summed E-state index contributed by atoms with van der Waals surface area (Å²) in [6, 6.07) is 0. The minimum atomic E-state index is -0.725. The topological polar surface area (TPSA) is 73.9 Å². The monoisotopic (exact) mass is 256 g/mol. The number of allylic oxidation sites excluding steroid dienone is 1. The van der Waals surface area contributed by atoms with Crippen LogP contribution in [0, 0.1) is 11.8 Å². The fraction of sp³-hybridized carbons (Fsp3) is 0.692. The number of primary amides is 1. The first-order chi connectivity index (χ1) is 8.25. The first-order valence-electron chi connectivity index (χ1n) is 5.86. The van der Waals surface area contributed by atoms with Gasteiger partial charge in [-0.3, -0.25) is 4.99 Å². The van der Waals surface area contributed by atoms with Gasteiger partial charge in [0.05, 0.1) is 7.11 Å². The second-order valence-corrected chi connectivity index (χ2v) is 5.04. The van der Waals surface area contributed by atoms with Gasteiger partial charge in [-0.25, -0.2) is 4.79 Å². The van der Waals surface area contributed by atoms with E-state index >= 15 is 0 Å². The van der Waals surface area contributed by atoms with Crippen LogP contribution in [0.3, 0.4) is 0 Å². The zero-order valence-corrected chi connectivity index (χ0v) is 11.9. The van der Waals surface area contributed by atoms with Crippen LogP contribution in [-0.4, -0.2) is 31.7 Å². The standard InChI is InChI=1S/C8H13NO.C5H11NO2/c1-4-6-5-7(6)8(9-2)10-3;1-5(2,3)8-4(6)7/h4,6-7H,1,5H2,2-3H3;1-3H3,(H2,6,7)/t6-,7+;/m1./s1. The van der Waals surface area contributed by atoms with Crippen molar-refractivity contribution in [1.82, 2.24) is 0 Å². The number of aliphatic imine (C=N–C) groups is 1. The van der Waals surface area contributed by atoms with Crippen molar-refractivity contribution in [2.75, 3.05) is 14.2 Å². The third-order valence-electron chi connectivity index (χ3n) is 2.30. The van der Waals surface area contributed by atoms with Crippen LogP contribution in [0.15, 0.2) is 17.6 Å². The number of carbonyl (C=O) groups excluding carboxylic acids is 1. The van der Waals surface area contributed by atoms with Gasteiger partial charge in [0.1, 0.15) is 5.60 Å².